The maximum Gasteiger partial charge on any atom is 0.264 e. The molecule has 0 unspecified atom stereocenters. The van der Waals surface area contributed by atoms with Crippen LogP contribution in [0.5, 0.6) is 0 Å². The summed E-state index contributed by atoms with van der Waals surface area (Å²) < 4.78 is 10.3. The number of anilines is 5. The van der Waals surface area contributed by atoms with E-state index in [-0.39, 0.29) is 29.5 Å². The molecule has 17 heterocycles. The van der Waals surface area contributed by atoms with Crippen LogP contribution < -0.4 is 44.6 Å². The van der Waals surface area contributed by atoms with Crippen molar-refractivity contribution in [2.75, 3.05) is 94.2 Å². The van der Waals surface area contributed by atoms with E-state index in [0.717, 1.165) is 104 Å². The molecule has 2 aliphatic heterocycles. The van der Waals surface area contributed by atoms with E-state index in [1.54, 1.807) is 73.1 Å². The number of nitrogens with two attached hydrogens (primary N) is 5. The van der Waals surface area contributed by atoms with Gasteiger partial charge < -0.3 is 68.6 Å². The van der Waals surface area contributed by atoms with Crippen molar-refractivity contribution in [3.63, 3.8) is 0 Å². The van der Waals surface area contributed by atoms with Crippen LogP contribution in [0.1, 0.15) is 100 Å². The number of piperazine rings is 1. The highest BCUT2D eigenvalue weighted by Gasteiger charge is 2.28. The minimum absolute atomic E-state index is 0.0282. The fraction of sp³-hybridized carbons (Fsp3) is 0.167. The fourth-order valence-corrected chi connectivity index (χ4v) is 19.5. The molecule has 2 fully saturated rings. The first kappa shape index (κ1) is 92.4. The maximum absolute atomic E-state index is 12.9. The van der Waals surface area contributed by atoms with E-state index in [1.165, 1.54) is 68.0 Å². The van der Waals surface area contributed by atoms with Crippen LogP contribution in [0.15, 0.2) is 193 Å². The topological polar surface area (TPSA) is 477 Å². The van der Waals surface area contributed by atoms with Gasteiger partial charge in [0.2, 0.25) is 0 Å². The number of terminal acetylenes is 3. The van der Waals surface area contributed by atoms with E-state index < -0.39 is 0 Å². The summed E-state index contributed by atoms with van der Waals surface area (Å²) in [5, 5.41) is 18.7. The van der Waals surface area contributed by atoms with E-state index >= 15 is 0 Å². The summed E-state index contributed by atoms with van der Waals surface area (Å²) in [6.07, 6.45) is 25.7. The van der Waals surface area contributed by atoms with Crippen LogP contribution in [0.4, 0.5) is 29.1 Å². The van der Waals surface area contributed by atoms with Gasteiger partial charge in [0, 0.05) is 134 Å². The zero-order chi connectivity index (χ0) is 94.2. The largest absolute Gasteiger partial charge is 0.383 e. The Labute approximate surface area is 796 Å². The van der Waals surface area contributed by atoms with Crippen molar-refractivity contribution in [2.45, 2.75) is 40.3 Å². The van der Waals surface area contributed by atoms with Gasteiger partial charge in [-0.15, -0.1) is 87.3 Å². The molecule has 18 aromatic rings. The molecule has 15 aromatic heterocycles. The third kappa shape index (κ3) is 22.5. The molecule has 13 N–H and O–H groups in total. The number of likely N-dealkylation sites (N-methyl/N-ethyl adjacent to an activating group) is 1. The second-order valence-electron chi connectivity index (χ2n) is 30.1. The van der Waals surface area contributed by atoms with Gasteiger partial charge in [-0.1, -0.05) is 84.4 Å². The van der Waals surface area contributed by atoms with Crippen molar-refractivity contribution in [1.29, 1.82) is 0 Å². The summed E-state index contributed by atoms with van der Waals surface area (Å²) >= 11 is 8.01. The number of carbonyl (C=O) groups excluding carboxylic acids is 5. The maximum atomic E-state index is 12.9. The monoisotopic (exact) mass is 1900 g/mol. The molecule has 39 heteroatoms. The Kier molecular flexibility index (Phi) is 29.1. The van der Waals surface area contributed by atoms with Crippen LogP contribution in [-0.2, 0) is 24.2 Å². The number of pyridine rings is 3. The highest BCUT2D eigenvalue weighted by Crippen LogP contribution is 2.37. The van der Waals surface area contributed by atoms with Crippen molar-refractivity contribution >= 4 is 178 Å². The summed E-state index contributed by atoms with van der Waals surface area (Å²) in [5.41, 5.74) is 39.3. The number of morpholine rings is 1. The standard InChI is InChI=1S/C22H17N5OS.2C21H15N5OS.C17H20N6OS2.C15H15N5O3S/c1-2-14-5-3-7-16(11-14)20-26-19(23)17-12-18(29-22(17)27-20)21(28)25-10-8-15-6-4-9-24-13-15;1-2-13-5-3-7-15(9-13)19-25-18(22)16-10-17(28-21(16)26-19)20(27)24-12-14-6-4-8-23-11-14;1-2-13-6-5-7-14(10-13)19-25-18(22)16-11-17(28-21(16)26-19)20(27)24-12-15-8-3-4-9-23-15;1-3-22-4-6-23(7-5-22)17(24)12-8-11-13(18)20-14(21-15(11)26-12)16-19-10(2)9-25-16;1-8-6-10(19-23-8)13-17-12(16)9-7-11(24-14(9)18-13)15(21)20-2-4-22-5-3-20/h1,3-7,9,11-13H,8,10H2,(H,25,28)(H2,23,26,27);2*1,3-11H,12H2,(H,24,27)(H2,22,25,26);8-9H,3-7H2,1-2H3,(H2,18,20,21);6-7H,2-5H2,1H3,(H2,16,17,18). The van der Waals surface area contributed by atoms with Crippen LogP contribution in [-0.4, -0.2) is 185 Å². The number of thiazole rings is 1. The molecule has 674 valence electrons. The van der Waals surface area contributed by atoms with Crippen molar-refractivity contribution < 1.29 is 33.2 Å². The lowest BCUT2D eigenvalue weighted by Gasteiger charge is -2.33. The lowest BCUT2D eigenvalue weighted by molar-refractivity contribution is 0.0306. The van der Waals surface area contributed by atoms with Crippen molar-refractivity contribution in [2.24, 2.45) is 0 Å². The average Bonchev–Trinajstić information content (AvgIpc) is 1.66. The molecule has 2 aliphatic rings. The van der Waals surface area contributed by atoms with Gasteiger partial charge in [0.25, 0.3) is 29.5 Å². The van der Waals surface area contributed by atoms with Crippen LogP contribution >= 0.6 is 68.0 Å². The second kappa shape index (κ2) is 42.5. The Balaban J connectivity index is 0.000000123. The molecule has 0 radical (unpaired) electrons. The molecule has 20 rings (SSSR count). The lowest BCUT2D eigenvalue weighted by Crippen LogP contribution is -2.48. The summed E-state index contributed by atoms with van der Waals surface area (Å²) in [7, 11) is 0. The van der Waals surface area contributed by atoms with Crippen LogP contribution in [0.3, 0.4) is 0 Å². The number of amides is 5. The minimum Gasteiger partial charge on any atom is -0.383 e. The number of benzene rings is 3. The third-order valence-electron chi connectivity index (χ3n) is 20.9. The van der Waals surface area contributed by atoms with Gasteiger partial charge in [-0.2, -0.15) is 0 Å². The zero-order valence-corrected chi connectivity index (χ0v) is 77.5. The molecule has 2 saturated heterocycles. The third-order valence-corrected chi connectivity index (χ3v) is 27.0. The normalized spacial score (nSPS) is 12.4. The van der Waals surface area contributed by atoms with Gasteiger partial charge in [-0.25, -0.2) is 54.8 Å². The number of nitrogens with one attached hydrogen (secondary N) is 3. The highest BCUT2D eigenvalue weighted by atomic mass is 32.1. The molecular weight excluding hydrogens is 1820 g/mol. The van der Waals surface area contributed by atoms with Crippen LogP contribution in [0, 0.1) is 50.9 Å². The van der Waals surface area contributed by atoms with Gasteiger partial charge in [0.15, 0.2) is 39.8 Å². The molecule has 5 amide bonds. The van der Waals surface area contributed by atoms with Gasteiger partial charge >= 0.3 is 0 Å². The molecule has 0 atom stereocenters. The predicted molar refractivity (Wildman–Crippen MR) is 531 cm³/mol. The Morgan fingerprint density at radius 3 is 1.30 bits per heavy atom. The SMILES string of the molecule is C#Cc1cccc(-c2nc(N)c3cc(C(=O)NCCc4cccnc4)sc3n2)c1.C#Cc1cccc(-c2nc(N)c3cc(C(=O)NCc4ccccn4)sc3n2)c1.C#Cc1cccc(-c2nc(N)c3cc(C(=O)NCc4cccnc4)sc3n2)c1.CCN1CCN(C(=O)c2cc3c(N)nc(-c4nc(C)cs4)nc3s2)CC1.Cc1cc(-c2nc(N)c3cc(C(=O)N4CCOCC4)sc3n2)no1. The Morgan fingerprint density at radius 1 is 0.437 bits per heavy atom. The molecule has 0 aliphatic carbocycles. The molecule has 135 heavy (non-hydrogen) atoms. The van der Waals surface area contributed by atoms with Crippen LogP contribution in [0.25, 0.3) is 108 Å². The lowest BCUT2D eigenvalue weighted by atomic mass is 10.1. The molecule has 3 aromatic carbocycles. The molecule has 0 bridgehead atoms. The van der Waals surface area contributed by atoms with E-state index in [1.807, 2.05) is 139 Å². The number of thiophene rings is 5. The number of nitrogens with zero attached hydrogens (tertiary/aromatic N) is 18. The number of fused-ring (bicyclic) bond motifs is 5. The number of aromatic nitrogens is 15. The van der Waals surface area contributed by atoms with Gasteiger partial charge in [0.05, 0.1) is 76.8 Å². The summed E-state index contributed by atoms with van der Waals surface area (Å²) in [6.45, 7) is 13.8. The number of aryl methyl sites for hydroxylation is 2. The van der Waals surface area contributed by atoms with E-state index in [2.05, 4.69) is 120 Å². The van der Waals surface area contributed by atoms with Gasteiger partial charge in [-0.05, 0) is 129 Å². The molecule has 33 nitrogen and oxygen atoms in total. The van der Waals surface area contributed by atoms with E-state index in [9.17, 15) is 24.0 Å². The first-order valence-electron chi connectivity index (χ1n) is 41.9. The van der Waals surface area contributed by atoms with Crippen molar-refractivity contribution in [3.05, 3.63) is 257 Å². The number of ether oxygens (including phenoxy) is 1. The summed E-state index contributed by atoms with van der Waals surface area (Å²) in [6, 6.07) is 45.8. The Morgan fingerprint density at radius 2 is 0.867 bits per heavy atom. The number of hydrogen-bond acceptors (Lipinski definition) is 34. The van der Waals surface area contributed by atoms with Gasteiger partial charge in [0.1, 0.15) is 59.0 Å². The first-order valence-corrected chi connectivity index (χ1v) is 46.9. The number of rotatable bonds is 18. The van der Waals surface area contributed by atoms with Gasteiger partial charge in [-0.3, -0.25) is 38.9 Å². The second-order valence-corrected chi connectivity index (χ2v) is 36.2. The highest BCUT2D eigenvalue weighted by molar-refractivity contribution is 7.22. The summed E-state index contributed by atoms with van der Waals surface area (Å²) in [4.78, 5) is 137. The molecular formula is C96H82N26O7S6. The fourth-order valence-electron chi connectivity index (χ4n) is 13.9. The van der Waals surface area contributed by atoms with Crippen molar-refractivity contribution in [1.82, 2.24) is 106 Å². The molecule has 0 spiro atoms. The smallest absolute Gasteiger partial charge is 0.264 e. The Hall–Kier alpha value is -15.9. The Bertz CT molecular complexity index is 7380. The quantitative estimate of drug-likeness (QED) is 0.0370. The zero-order valence-electron chi connectivity index (χ0n) is 72.6. The average molecular weight is 1900 g/mol. The predicted octanol–water partition coefficient (Wildman–Crippen LogP) is 14.0. The van der Waals surface area contributed by atoms with Crippen molar-refractivity contribution in [3.8, 4) is 93.5 Å². The first-order chi connectivity index (χ1) is 65.6. The number of carbonyl (C=O) groups is 5. The summed E-state index contributed by atoms with van der Waals surface area (Å²) in [5.74, 6) is 12.0. The van der Waals surface area contributed by atoms with E-state index in [4.69, 9.17) is 57.2 Å². The minimum atomic E-state index is -0.205. The number of hydrogen-bond donors (Lipinski definition) is 8. The molecule has 0 saturated carbocycles. The van der Waals surface area contributed by atoms with Crippen LogP contribution in [0.2, 0.25) is 0 Å². The van der Waals surface area contributed by atoms with E-state index in [0.29, 0.717) is 187 Å². The number of nitrogen functional groups attached to an aromatic ring is 5.